The van der Waals surface area contributed by atoms with Gasteiger partial charge in [-0.25, -0.2) is 0 Å². The van der Waals surface area contributed by atoms with E-state index in [4.69, 9.17) is 0 Å². The summed E-state index contributed by atoms with van der Waals surface area (Å²) in [5, 5.41) is 16.6. The molecule has 0 heterocycles. The molecule has 3 nitrogen and oxygen atoms in total. The van der Waals surface area contributed by atoms with Crippen LogP contribution in [-0.4, -0.2) is 11.0 Å². The lowest BCUT2D eigenvalue weighted by molar-refractivity contribution is 0.0985. The van der Waals surface area contributed by atoms with Crippen molar-refractivity contribution in [2.75, 3.05) is 5.32 Å². The fourth-order valence-electron chi connectivity index (χ4n) is 3.75. The number of nitrogens with one attached hydrogen (secondary N) is 1. The molecule has 4 aromatic carbocycles. The molecular formula is C27H22N2OS. The van der Waals surface area contributed by atoms with E-state index in [1.807, 2.05) is 104 Å². The molecule has 0 amide bonds. The van der Waals surface area contributed by atoms with Crippen molar-refractivity contribution in [2.45, 2.75) is 18.2 Å². The van der Waals surface area contributed by atoms with Crippen LogP contribution < -0.4 is 5.32 Å². The van der Waals surface area contributed by atoms with E-state index in [0.29, 0.717) is 5.56 Å². The van der Waals surface area contributed by atoms with Crippen molar-refractivity contribution in [1.29, 1.82) is 5.26 Å². The lowest BCUT2D eigenvalue weighted by Crippen LogP contribution is -2.30. The van der Waals surface area contributed by atoms with Crippen molar-refractivity contribution in [3.63, 3.8) is 0 Å². The van der Waals surface area contributed by atoms with E-state index in [1.54, 1.807) is 0 Å². The number of carbonyl (C=O) groups is 1. The summed E-state index contributed by atoms with van der Waals surface area (Å²) in [4.78, 5) is 13.8. The zero-order chi connectivity index (χ0) is 21.6. The first-order chi connectivity index (χ1) is 15.2. The number of anilines is 1. The number of benzene rings is 4. The second kappa shape index (κ2) is 9.51. The maximum Gasteiger partial charge on any atom is 0.179 e. The maximum absolute atomic E-state index is 13.8. The van der Waals surface area contributed by atoms with Gasteiger partial charge in [-0.15, -0.1) is 0 Å². The molecule has 0 aliphatic rings. The molecule has 152 valence electrons. The van der Waals surface area contributed by atoms with Crippen LogP contribution in [0, 0.1) is 17.6 Å². The Hall–Kier alpha value is -3.55. The number of hydrogen-bond donors (Lipinski definition) is 1. The summed E-state index contributed by atoms with van der Waals surface area (Å²) in [6.45, 7) is 2.04. The minimum atomic E-state index is -0.612. The third kappa shape index (κ3) is 4.63. The highest BCUT2D eigenvalue weighted by atomic mass is 32.2. The highest BCUT2D eigenvalue weighted by molar-refractivity contribution is 8.05. The van der Waals surface area contributed by atoms with Gasteiger partial charge in [-0.1, -0.05) is 90.5 Å². The molecule has 4 heteroatoms. The highest BCUT2D eigenvalue weighted by Gasteiger charge is 2.32. The molecule has 31 heavy (non-hydrogen) atoms. The Morgan fingerprint density at radius 3 is 2.29 bits per heavy atom. The molecule has 0 aliphatic carbocycles. The minimum Gasteiger partial charge on any atom is -0.377 e. The fourth-order valence-corrected chi connectivity index (χ4v) is 4.46. The Labute approximate surface area is 186 Å². The van der Waals surface area contributed by atoms with Crippen LogP contribution in [0.4, 0.5) is 5.69 Å². The monoisotopic (exact) mass is 422 g/mol. The van der Waals surface area contributed by atoms with E-state index in [9.17, 15) is 10.1 Å². The zero-order valence-electron chi connectivity index (χ0n) is 17.2. The third-order valence-corrected chi connectivity index (χ3v) is 6.17. The number of nitrogens with zero attached hydrogens (tertiary/aromatic N) is 1. The van der Waals surface area contributed by atoms with Crippen molar-refractivity contribution in [1.82, 2.24) is 0 Å². The van der Waals surface area contributed by atoms with Crippen molar-refractivity contribution in [3.8, 4) is 5.40 Å². The number of carbonyl (C=O) groups excluding carboxylic acids is 1. The van der Waals surface area contributed by atoms with E-state index >= 15 is 0 Å². The standard InChI is InChI=1S/C27H22N2OS/c1-19-14-16-22(17-15-19)29-25(21-9-3-2-4-10-21)27(31-18-28)26(30)24-13-7-11-20-8-5-6-12-23(20)24/h2-17,25,27,29H,1H3. The quantitative estimate of drug-likeness (QED) is 0.264. The SMILES string of the molecule is Cc1ccc(NC(c2ccccc2)C(SC#N)C(=O)c2cccc3ccccc23)cc1. The summed E-state index contributed by atoms with van der Waals surface area (Å²) >= 11 is 1.01. The highest BCUT2D eigenvalue weighted by Crippen LogP contribution is 2.34. The van der Waals surface area contributed by atoms with Gasteiger partial charge in [0.15, 0.2) is 5.78 Å². The zero-order valence-corrected chi connectivity index (χ0v) is 18.0. The van der Waals surface area contributed by atoms with Gasteiger partial charge in [0.25, 0.3) is 0 Å². The van der Waals surface area contributed by atoms with Crippen LogP contribution in [0.2, 0.25) is 0 Å². The van der Waals surface area contributed by atoms with Crippen molar-refractivity contribution in [3.05, 3.63) is 114 Å². The topological polar surface area (TPSA) is 52.9 Å². The summed E-state index contributed by atoms with van der Waals surface area (Å²) in [7, 11) is 0. The number of Topliss-reactive ketones (excluding diaryl/α,β-unsaturated/α-hetero) is 1. The number of thiocyanates is 1. The lowest BCUT2D eigenvalue weighted by Gasteiger charge is -2.27. The Morgan fingerprint density at radius 2 is 1.55 bits per heavy atom. The normalized spacial score (nSPS) is 12.6. The van der Waals surface area contributed by atoms with Gasteiger partial charge in [0, 0.05) is 11.3 Å². The van der Waals surface area contributed by atoms with Crippen LogP contribution in [-0.2, 0) is 0 Å². The Balaban J connectivity index is 1.78. The van der Waals surface area contributed by atoms with Gasteiger partial charge in [-0.3, -0.25) is 4.79 Å². The van der Waals surface area contributed by atoms with Crippen LogP contribution in [0.1, 0.15) is 27.5 Å². The third-order valence-electron chi connectivity index (χ3n) is 5.33. The van der Waals surface area contributed by atoms with Gasteiger partial charge in [-0.05, 0) is 47.2 Å². The van der Waals surface area contributed by atoms with E-state index in [2.05, 4.69) is 10.7 Å². The maximum atomic E-state index is 13.8. The average molecular weight is 423 g/mol. The second-order valence-electron chi connectivity index (χ2n) is 7.42. The summed E-state index contributed by atoms with van der Waals surface area (Å²) in [5.41, 5.74) is 3.67. The molecule has 0 bridgehead atoms. The molecule has 0 aliphatic heterocycles. The molecule has 4 aromatic rings. The van der Waals surface area contributed by atoms with E-state index < -0.39 is 5.25 Å². The number of ketones is 1. The number of rotatable bonds is 7. The smallest absolute Gasteiger partial charge is 0.179 e. The Bertz CT molecular complexity index is 1220. The molecular weight excluding hydrogens is 400 g/mol. The van der Waals surface area contributed by atoms with Crippen molar-refractivity contribution >= 4 is 34.0 Å². The lowest BCUT2D eigenvalue weighted by atomic mass is 9.94. The molecule has 0 fully saturated rings. The Kier molecular flexibility index (Phi) is 6.35. The molecule has 1 N–H and O–H groups in total. The molecule has 2 atom stereocenters. The first-order valence-electron chi connectivity index (χ1n) is 10.1. The van der Waals surface area contributed by atoms with Gasteiger partial charge in [0.2, 0.25) is 0 Å². The molecule has 4 rings (SSSR count). The molecule has 0 saturated heterocycles. The molecule has 0 spiro atoms. The summed E-state index contributed by atoms with van der Waals surface area (Å²) in [6, 6.07) is 31.2. The van der Waals surface area contributed by atoms with Gasteiger partial charge in [-0.2, -0.15) is 5.26 Å². The molecule has 2 unspecified atom stereocenters. The predicted octanol–water partition coefficient (Wildman–Crippen LogP) is 6.77. The number of thioether (sulfide) groups is 1. The van der Waals surface area contributed by atoms with Gasteiger partial charge >= 0.3 is 0 Å². The summed E-state index contributed by atoms with van der Waals surface area (Å²) in [5.74, 6) is -0.0585. The van der Waals surface area contributed by atoms with Gasteiger partial charge in [0.1, 0.15) is 10.7 Å². The van der Waals surface area contributed by atoms with Crippen LogP contribution in [0.15, 0.2) is 97.1 Å². The number of aryl methyl sites for hydroxylation is 1. The van der Waals surface area contributed by atoms with Crippen LogP contribution in [0.5, 0.6) is 0 Å². The molecule has 0 saturated carbocycles. The van der Waals surface area contributed by atoms with E-state index in [0.717, 1.165) is 39.3 Å². The molecule has 0 radical (unpaired) electrons. The van der Waals surface area contributed by atoms with Gasteiger partial charge in [0.05, 0.1) is 6.04 Å². The van der Waals surface area contributed by atoms with Crippen molar-refractivity contribution in [2.24, 2.45) is 0 Å². The van der Waals surface area contributed by atoms with Crippen LogP contribution in [0.3, 0.4) is 0 Å². The summed E-state index contributed by atoms with van der Waals surface area (Å²) in [6.07, 6.45) is 0. The van der Waals surface area contributed by atoms with Gasteiger partial charge < -0.3 is 5.32 Å². The average Bonchev–Trinajstić information content (AvgIpc) is 2.82. The molecule has 0 aromatic heterocycles. The summed E-state index contributed by atoms with van der Waals surface area (Å²) < 4.78 is 0. The Morgan fingerprint density at radius 1 is 0.871 bits per heavy atom. The van der Waals surface area contributed by atoms with E-state index in [1.165, 1.54) is 0 Å². The first kappa shape index (κ1) is 20.7. The van der Waals surface area contributed by atoms with Crippen LogP contribution >= 0.6 is 11.8 Å². The largest absolute Gasteiger partial charge is 0.377 e. The van der Waals surface area contributed by atoms with Crippen molar-refractivity contribution < 1.29 is 4.79 Å². The van der Waals surface area contributed by atoms with Crippen LogP contribution in [0.25, 0.3) is 10.8 Å². The number of fused-ring (bicyclic) bond motifs is 1. The minimum absolute atomic E-state index is 0.0585. The van der Waals surface area contributed by atoms with E-state index in [-0.39, 0.29) is 11.8 Å². The number of nitriles is 1. The second-order valence-corrected chi connectivity index (χ2v) is 8.35. The number of hydrogen-bond acceptors (Lipinski definition) is 4. The predicted molar refractivity (Wildman–Crippen MR) is 129 cm³/mol. The first-order valence-corrected chi connectivity index (χ1v) is 11.0. The fraction of sp³-hybridized carbons (Fsp3) is 0.111.